The number of hydrogen-bond acceptors (Lipinski definition) is 3. The maximum atomic E-state index is 5.88. The molecule has 1 aromatic carbocycles. The van der Waals surface area contributed by atoms with Crippen molar-refractivity contribution in [3.63, 3.8) is 0 Å². The van der Waals surface area contributed by atoms with Crippen LogP contribution >= 0.6 is 12.2 Å². The van der Waals surface area contributed by atoms with Gasteiger partial charge in [0.2, 0.25) is 0 Å². The van der Waals surface area contributed by atoms with Gasteiger partial charge in [0.05, 0.1) is 5.56 Å². The number of nitrogens with zero attached hydrogens (tertiary/aromatic N) is 2. The molecule has 2 N–H and O–H groups in total. The third kappa shape index (κ3) is 2.63. The predicted octanol–water partition coefficient (Wildman–Crippen LogP) is 3.42. The molecule has 1 aliphatic heterocycles. The highest BCUT2D eigenvalue weighted by Crippen LogP contribution is 2.34. The Bertz CT molecular complexity index is 709. The Morgan fingerprint density at radius 2 is 2.05 bits per heavy atom. The summed E-state index contributed by atoms with van der Waals surface area (Å²) in [6.45, 7) is 5.07. The average Bonchev–Trinajstić information content (AvgIpc) is 2.45. The highest BCUT2D eigenvalue weighted by atomic mass is 32.1. The lowest BCUT2D eigenvalue weighted by molar-refractivity contribution is 0.757. The zero-order valence-electron chi connectivity index (χ0n) is 12.4. The number of benzene rings is 1. The summed E-state index contributed by atoms with van der Waals surface area (Å²) in [6, 6.07) is 10.5. The molecule has 3 nitrogen and oxygen atoms in total. The number of thiocarbonyl (C=S) groups is 1. The van der Waals surface area contributed by atoms with Crippen molar-refractivity contribution in [1.82, 2.24) is 4.98 Å². The molecule has 0 bridgehead atoms. The van der Waals surface area contributed by atoms with Crippen LogP contribution in [0.2, 0.25) is 0 Å². The fraction of sp³-hybridized carbons (Fsp3) is 0.294. The van der Waals surface area contributed by atoms with Crippen LogP contribution in [0.25, 0.3) is 0 Å². The van der Waals surface area contributed by atoms with Gasteiger partial charge in [0.15, 0.2) is 0 Å². The number of hydrogen-bond donors (Lipinski definition) is 1. The zero-order valence-corrected chi connectivity index (χ0v) is 13.2. The molecule has 0 spiro atoms. The van der Waals surface area contributed by atoms with Crippen LogP contribution in [-0.4, -0.2) is 16.5 Å². The van der Waals surface area contributed by atoms with Crippen LogP contribution in [0.15, 0.2) is 30.3 Å². The molecular weight excluding hydrogens is 278 g/mol. The Hall–Kier alpha value is -1.94. The number of aromatic nitrogens is 1. The largest absolute Gasteiger partial charge is 0.389 e. The highest BCUT2D eigenvalue weighted by molar-refractivity contribution is 7.80. The van der Waals surface area contributed by atoms with Crippen LogP contribution in [0.5, 0.6) is 0 Å². The molecule has 1 aliphatic rings. The SMILES string of the molecule is Cc1ccc2c(c1)CCCN2c1nc(C)ccc1C(N)=S. The van der Waals surface area contributed by atoms with Gasteiger partial charge in [0.1, 0.15) is 10.8 Å². The minimum atomic E-state index is 0.400. The summed E-state index contributed by atoms with van der Waals surface area (Å²) in [5, 5.41) is 0. The van der Waals surface area contributed by atoms with Crippen molar-refractivity contribution in [3.8, 4) is 0 Å². The van der Waals surface area contributed by atoms with Crippen molar-refractivity contribution in [3.05, 3.63) is 52.7 Å². The first kappa shape index (κ1) is 14.0. The van der Waals surface area contributed by atoms with Crippen molar-refractivity contribution in [1.29, 1.82) is 0 Å². The van der Waals surface area contributed by atoms with Crippen LogP contribution in [0.4, 0.5) is 11.5 Å². The van der Waals surface area contributed by atoms with E-state index in [1.165, 1.54) is 16.8 Å². The normalized spacial score (nSPS) is 13.9. The first-order valence-electron chi connectivity index (χ1n) is 7.21. The van der Waals surface area contributed by atoms with Crippen molar-refractivity contribution in [2.45, 2.75) is 26.7 Å². The van der Waals surface area contributed by atoms with E-state index in [1.54, 1.807) is 0 Å². The molecule has 0 atom stereocenters. The molecule has 1 aromatic heterocycles. The summed E-state index contributed by atoms with van der Waals surface area (Å²) in [4.78, 5) is 7.35. The molecule has 0 amide bonds. The van der Waals surface area contributed by atoms with Crippen molar-refractivity contribution >= 4 is 28.7 Å². The van der Waals surface area contributed by atoms with E-state index in [4.69, 9.17) is 22.9 Å². The van der Waals surface area contributed by atoms with Gasteiger partial charge >= 0.3 is 0 Å². The van der Waals surface area contributed by atoms with Gasteiger partial charge in [-0.2, -0.15) is 0 Å². The minimum Gasteiger partial charge on any atom is -0.389 e. The van der Waals surface area contributed by atoms with Gasteiger partial charge in [-0.05, 0) is 50.5 Å². The molecule has 3 rings (SSSR count). The Morgan fingerprint density at radius 1 is 1.24 bits per heavy atom. The Balaban J connectivity index is 2.15. The molecule has 0 unspecified atom stereocenters. The molecule has 2 heterocycles. The van der Waals surface area contributed by atoms with Gasteiger partial charge in [0.25, 0.3) is 0 Å². The summed E-state index contributed by atoms with van der Waals surface area (Å²) in [5.41, 5.74) is 11.6. The molecule has 2 aromatic rings. The van der Waals surface area contributed by atoms with E-state index in [2.05, 4.69) is 30.0 Å². The molecular formula is C17H19N3S. The third-order valence-electron chi connectivity index (χ3n) is 3.89. The second-order valence-corrected chi connectivity index (χ2v) is 6.02. The number of aryl methyl sites for hydroxylation is 3. The number of fused-ring (bicyclic) bond motifs is 1. The van der Waals surface area contributed by atoms with E-state index in [-0.39, 0.29) is 0 Å². The summed E-state index contributed by atoms with van der Waals surface area (Å²) in [6.07, 6.45) is 2.23. The summed E-state index contributed by atoms with van der Waals surface area (Å²) in [7, 11) is 0. The first-order valence-corrected chi connectivity index (χ1v) is 7.61. The van der Waals surface area contributed by atoms with Gasteiger partial charge in [-0.15, -0.1) is 0 Å². The topological polar surface area (TPSA) is 42.2 Å². The van der Waals surface area contributed by atoms with Crippen molar-refractivity contribution in [2.24, 2.45) is 5.73 Å². The standard InChI is InChI=1S/C17H19N3S/c1-11-5-8-15-13(10-11)4-3-9-20(15)17-14(16(18)21)7-6-12(2)19-17/h5-8,10H,3-4,9H2,1-2H3,(H2,18,21). The lowest BCUT2D eigenvalue weighted by Gasteiger charge is -2.32. The highest BCUT2D eigenvalue weighted by Gasteiger charge is 2.22. The van der Waals surface area contributed by atoms with E-state index >= 15 is 0 Å². The molecule has 0 saturated heterocycles. The summed E-state index contributed by atoms with van der Waals surface area (Å²) >= 11 is 5.19. The number of anilines is 2. The lowest BCUT2D eigenvalue weighted by Crippen LogP contribution is -2.28. The van der Waals surface area contributed by atoms with Crippen LogP contribution < -0.4 is 10.6 Å². The molecule has 108 valence electrons. The molecule has 0 fully saturated rings. The van der Waals surface area contributed by atoms with E-state index in [0.717, 1.165) is 36.5 Å². The monoisotopic (exact) mass is 297 g/mol. The second kappa shape index (κ2) is 5.45. The quantitative estimate of drug-likeness (QED) is 0.863. The fourth-order valence-corrected chi connectivity index (χ4v) is 3.05. The fourth-order valence-electron chi connectivity index (χ4n) is 2.89. The van der Waals surface area contributed by atoms with Gasteiger partial charge in [-0.1, -0.05) is 29.9 Å². The Kier molecular flexibility index (Phi) is 3.64. The van der Waals surface area contributed by atoms with E-state index in [9.17, 15) is 0 Å². The maximum Gasteiger partial charge on any atom is 0.143 e. The molecule has 4 heteroatoms. The van der Waals surface area contributed by atoms with Gasteiger partial charge in [0, 0.05) is 17.9 Å². The first-order chi connectivity index (χ1) is 10.1. The van der Waals surface area contributed by atoms with Crippen LogP contribution in [0, 0.1) is 13.8 Å². The van der Waals surface area contributed by atoms with E-state index < -0.39 is 0 Å². The number of nitrogens with two attached hydrogens (primary N) is 1. The molecule has 0 saturated carbocycles. The smallest absolute Gasteiger partial charge is 0.143 e. The van der Waals surface area contributed by atoms with Gasteiger partial charge in [-0.25, -0.2) is 4.98 Å². The predicted molar refractivity (Wildman–Crippen MR) is 91.4 cm³/mol. The van der Waals surface area contributed by atoms with Gasteiger partial charge < -0.3 is 10.6 Å². The second-order valence-electron chi connectivity index (χ2n) is 5.58. The molecule has 0 radical (unpaired) electrons. The summed E-state index contributed by atoms with van der Waals surface area (Å²) in [5.74, 6) is 0.882. The van der Waals surface area contributed by atoms with Gasteiger partial charge in [-0.3, -0.25) is 0 Å². The van der Waals surface area contributed by atoms with Crippen LogP contribution in [-0.2, 0) is 6.42 Å². The lowest BCUT2D eigenvalue weighted by atomic mass is 9.99. The van der Waals surface area contributed by atoms with Crippen molar-refractivity contribution < 1.29 is 0 Å². The van der Waals surface area contributed by atoms with E-state index in [0.29, 0.717) is 4.99 Å². The third-order valence-corrected chi connectivity index (χ3v) is 4.11. The Morgan fingerprint density at radius 3 is 2.81 bits per heavy atom. The average molecular weight is 297 g/mol. The minimum absolute atomic E-state index is 0.400. The zero-order chi connectivity index (χ0) is 15.0. The van der Waals surface area contributed by atoms with Crippen LogP contribution in [0.1, 0.15) is 28.8 Å². The molecule has 0 aliphatic carbocycles. The van der Waals surface area contributed by atoms with E-state index in [1.807, 2.05) is 19.1 Å². The maximum absolute atomic E-state index is 5.88. The van der Waals surface area contributed by atoms with Crippen LogP contribution in [0.3, 0.4) is 0 Å². The molecule has 21 heavy (non-hydrogen) atoms. The van der Waals surface area contributed by atoms with Crippen molar-refractivity contribution in [2.75, 3.05) is 11.4 Å². The summed E-state index contributed by atoms with van der Waals surface area (Å²) < 4.78 is 0. The number of pyridine rings is 1. The number of rotatable bonds is 2. The Labute approximate surface area is 130 Å².